The first kappa shape index (κ1) is 17.9. The van der Waals surface area contributed by atoms with Gasteiger partial charge in [0.05, 0.1) is 5.69 Å². The number of hydrogen-bond donors (Lipinski definition) is 1. The number of likely N-dealkylation sites (N-methyl/N-ethyl adjacent to an activating group) is 1. The second kappa shape index (κ2) is 7.54. The fraction of sp³-hybridized carbons (Fsp3) is 0.474. The molecule has 134 valence electrons. The van der Waals surface area contributed by atoms with Crippen LogP contribution in [0.5, 0.6) is 5.75 Å². The van der Waals surface area contributed by atoms with Crippen molar-refractivity contribution in [3.8, 4) is 5.75 Å². The van der Waals surface area contributed by atoms with Gasteiger partial charge in [-0.3, -0.25) is 15.0 Å². The highest BCUT2D eigenvalue weighted by Gasteiger charge is 2.20. The van der Waals surface area contributed by atoms with Gasteiger partial charge in [0.2, 0.25) is 0 Å². The van der Waals surface area contributed by atoms with Crippen molar-refractivity contribution < 1.29 is 9.53 Å². The Labute approximate surface area is 153 Å². The molecule has 0 atom stereocenters. The van der Waals surface area contributed by atoms with Crippen LogP contribution < -0.4 is 10.1 Å². The standard InChI is InChI=1S/C19H25N3O2S/c1-5-22-7-6-15-16(10-22)25-19(20-15)21-17(23)11-24-18-13(3)8-12(2)9-14(18)4/h8-9H,5-7,10-11H2,1-4H3,(H,20,21,23). The van der Waals surface area contributed by atoms with Crippen LogP contribution in [-0.2, 0) is 17.8 Å². The summed E-state index contributed by atoms with van der Waals surface area (Å²) in [4.78, 5) is 20.4. The fourth-order valence-electron chi connectivity index (χ4n) is 3.26. The summed E-state index contributed by atoms with van der Waals surface area (Å²) in [7, 11) is 0. The zero-order valence-electron chi connectivity index (χ0n) is 15.3. The van der Waals surface area contributed by atoms with Gasteiger partial charge >= 0.3 is 0 Å². The molecule has 1 aliphatic rings. The summed E-state index contributed by atoms with van der Waals surface area (Å²) in [6, 6.07) is 4.13. The number of hydrogen-bond acceptors (Lipinski definition) is 5. The molecule has 0 saturated heterocycles. The van der Waals surface area contributed by atoms with Crippen LogP contribution in [0, 0.1) is 20.8 Å². The Morgan fingerprint density at radius 1 is 1.32 bits per heavy atom. The summed E-state index contributed by atoms with van der Waals surface area (Å²) in [5.74, 6) is 0.621. The third-order valence-electron chi connectivity index (χ3n) is 4.46. The Morgan fingerprint density at radius 2 is 2.04 bits per heavy atom. The lowest BCUT2D eigenvalue weighted by Crippen LogP contribution is -2.29. The van der Waals surface area contributed by atoms with E-state index < -0.39 is 0 Å². The Kier molecular flexibility index (Phi) is 5.39. The summed E-state index contributed by atoms with van der Waals surface area (Å²) >= 11 is 1.57. The second-order valence-corrected chi connectivity index (χ2v) is 7.66. The molecule has 0 spiro atoms. The number of carbonyl (C=O) groups is 1. The average Bonchev–Trinajstić information content (AvgIpc) is 2.94. The average molecular weight is 359 g/mol. The molecule has 1 aromatic carbocycles. The Bertz CT molecular complexity index is 762. The third-order valence-corrected chi connectivity index (χ3v) is 5.45. The molecule has 1 N–H and O–H groups in total. The van der Waals surface area contributed by atoms with Crippen molar-refractivity contribution in [3.63, 3.8) is 0 Å². The van der Waals surface area contributed by atoms with E-state index >= 15 is 0 Å². The van der Waals surface area contributed by atoms with Crippen molar-refractivity contribution in [1.29, 1.82) is 0 Å². The van der Waals surface area contributed by atoms with E-state index in [2.05, 4.69) is 41.2 Å². The van der Waals surface area contributed by atoms with Crippen molar-refractivity contribution >= 4 is 22.4 Å². The molecular weight excluding hydrogens is 334 g/mol. The van der Waals surface area contributed by atoms with Gasteiger partial charge in [0.25, 0.3) is 5.91 Å². The van der Waals surface area contributed by atoms with Gasteiger partial charge in [-0.1, -0.05) is 24.6 Å². The lowest BCUT2D eigenvalue weighted by molar-refractivity contribution is -0.118. The normalized spacial score (nSPS) is 14.2. The number of aryl methyl sites for hydroxylation is 3. The molecule has 0 unspecified atom stereocenters. The minimum atomic E-state index is -0.169. The minimum absolute atomic E-state index is 0.00390. The molecule has 2 heterocycles. The van der Waals surface area contributed by atoms with Crippen LogP contribution in [0.4, 0.5) is 5.13 Å². The highest BCUT2D eigenvalue weighted by Crippen LogP contribution is 2.28. The fourth-order valence-corrected chi connectivity index (χ4v) is 4.33. The summed E-state index contributed by atoms with van der Waals surface area (Å²) < 4.78 is 5.75. The van der Waals surface area contributed by atoms with Crippen molar-refractivity contribution in [1.82, 2.24) is 9.88 Å². The van der Waals surface area contributed by atoms with Crippen molar-refractivity contribution in [2.45, 2.75) is 40.7 Å². The molecule has 0 bridgehead atoms. The molecule has 1 aliphatic heterocycles. The maximum atomic E-state index is 12.2. The lowest BCUT2D eigenvalue weighted by atomic mass is 10.1. The minimum Gasteiger partial charge on any atom is -0.483 e. The zero-order chi connectivity index (χ0) is 18.0. The van der Waals surface area contributed by atoms with Crippen LogP contribution in [0.2, 0.25) is 0 Å². The van der Waals surface area contributed by atoms with Gasteiger partial charge in [0.15, 0.2) is 11.7 Å². The van der Waals surface area contributed by atoms with Gasteiger partial charge in [-0.05, 0) is 38.4 Å². The van der Waals surface area contributed by atoms with Crippen LogP contribution in [0.3, 0.4) is 0 Å². The van der Waals surface area contributed by atoms with Gasteiger partial charge < -0.3 is 4.74 Å². The van der Waals surface area contributed by atoms with E-state index in [0.717, 1.165) is 48.6 Å². The summed E-state index contributed by atoms with van der Waals surface area (Å²) in [5, 5.41) is 3.55. The van der Waals surface area contributed by atoms with Crippen LogP contribution in [0.1, 0.15) is 34.2 Å². The van der Waals surface area contributed by atoms with Crippen molar-refractivity contribution in [3.05, 3.63) is 39.4 Å². The number of rotatable bonds is 5. The summed E-state index contributed by atoms with van der Waals surface area (Å²) in [6.45, 7) is 11.2. The third kappa shape index (κ3) is 4.19. The Morgan fingerprint density at radius 3 is 2.72 bits per heavy atom. The van der Waals surface area contributed by atoms with Gasteiger partial charge in [0.1, 0.15) is 5.75 Å². The van der Waals surface area contributed by atoms with Crippen LogP contribution in [0.25, 0.3) is 0 Å². The largest absolute Gasteiger partial charge is 0.483 e. The number of benzene rings is 1. The van der Waals surface area contributed by atoms with E-state index in [9.17, 15) is 4.79 Å². The van der Waals surface area contributed by atoms with Crippen LogP contribution in [0.15, 0.2) is 12.1 Å². The van der Waals surface area contributed by atoms with E-state index in [-0.39, 0.29) is 12.5 Å². The molecular formula is C19H25N3O2S. The van der Waals surface area contributed by atoms with E-state index in [1.807, 2.05) is 13.8 Å². The zero-order valence-corrected chi connectivity index (χ0v) is 16.1. The van der Waals surface area contributed by atoms with Gasteiger partial charge in [0, 0.05) is 24.4 Å². The van der Waals surface area contributed by atoms with E-state index in [0.29, 0.717) is 5.13 Å². The van der Waals surface area contributed by atoms with E-state index in [1.54, 1.807) is 11.3 Å². The van der Waals surface area contributed by atoms with Gasteiger partial charge in [-0.2, -0.15) is 0 Å². The first-order chi connectivity index (χ1) is 12.0. The molecule has 1 aromatic heterocycles. The molecule has 0 saturated carbocycles. The first-order valence-corrected chi connectivity index (χ1v) is 9.49. The Hall–Kier alpha value is -1.92. The predicted molar refractivity (Wildman–Crippen MR) is 102 cm³/mol. The van der Waals surface area contributed by atoms with E-state index in [4.69, 9.17) is 4.74 Å². The molecule has 0 radical (unpaired) electrons. The summed E-state index contributed by atoms with van der Waals surface area (Å²) in [5.41, 5.74) is 4.42. The van der Waals surface area contributed by atoms with Crippen molar-refractivity contribution in [2.75, 3.05) is 25.0 Å². The Balaban J connectivity index is 1.60. The number of fused-ring (bicyclic) bond motifs is 1. The SMILES string of the molecule is CCN1CCc2nc(NC(=O)COc3c(C)cc(C)cc3C)sc2C1. The number of anilines is 1. The van der Waals surface area contributed by atoms with Gasteiger partial charge in [-0.15, -0.1) is 11.3 Å². The highest BCUT2D eigenvalue weighted by atomic mass is 32.1. The number of aromatic nitrogens is 1. The number of nitrogens with zero attached hydrogens (tertiary/aromatic N) is 2. The van der Waals surface area contributed by atoms with Crippen LogP contribution >= 0.6 is 11.3 Å². The molecule has 0 fully saturated rings. The number of nitrogens with one attached hydrogen (secondary N) is 1. The van der Waals surface area contributed by atoms with Gasteiger partial charge in [-0.25, -0.2) is 4.98 Å². The number of ether oxygens (including phenoxy) is 1. The molecule has 6 heteroatoms. The number of carbonyl (C=O) groups excluding carboxylic acids is 1. The maximum Gasteiger partial charge on any atom is 0.264 e. The number of amides is 1. The number of thiazole rings is 1. The molecule has 25 heavy (non-hydrogen) atoms. The lowest BCUT2D eigenvalue weighted by Gasteiger charge is -2.23. The monoisotopic (exact) mass is 359 g/mol. The smallest absolute Gasteiger partial charge is 0.264 e. The van der Waals surface area contributed by atoms with Crippen LogP contribution in [-0.4, -0.2) is 35.5 Å². The predicted octanol–water partition coefficient (Wildman–Crippen LogP) is 3.46. The quantitative estimate of drug-likeness (QED) is 0.888. The molecule has 1 amide bonds. The highest BCUT2D eigenvalue weighted by molar-refractivity contribution is 7.15. The molecule has 2 aromatic rings. The maximum absolute atomic E-state index is 12.2. The van der Waals surface area contributed by atoms with Crippen molar-refractivity contribution in [2.24, 2.45) is 0 Å². The topological polar surface area (TPSA) is 54.5 Å². The first-order valence-electron chi connectivity index (χ1n) is 8.67. The summed E-state index contributed by atoms with van der Waals surface area (Å²) in [6.07, 6.45) is 0.952. The molecule has 5 nitrogen and oxygen atoms in total. The van der Waals surface area contributed by atoms with E-state index in [1.165, 1.54) is 10.4 Å². The second-order valence-electron chi connectivity index (χ2n) is 6.57. The molecule has 0 aliphatic carbocycles. The molecule has 3 rings (SSSR count).